The predicted octanol–water partition coefficient (Wildman–Crippen LogP) is 13.2. The molecule has 3 aromatic heterocycles. The Bertz CT molecular complexity index is 3320. The SMILES string of the molecule is CC1(C)c2ccccc2-c2c1c1c3ccccc3n(-c3ccc4oc5ccc6ccccc6c5c4c3)c1c1c3ccccc3n(-c3ccccc3)c21. The van der Waals surface area contributed by atoms with Crippen LogP contribution in [-0.4, -0.2) is 9.13 Å². The lowest BCUT2D eigenvalue weighted by Crippen LogP contribution is -2.15. The number of furan rings is 1. The van der Waals surface area contributed by atoms with Gasteiger partial charge in [-0.1, -0.05) is 123 Å². The summed E-state index contributed by atoms with van der Waals surface area (Å²) in [6, 6.07) is 57.6. The number of rotatable bonds is 2. The zero-order valence-corrected chi connectivity index (χ0v) is 28.8. The molecule has 0 spiro atoms. The van der Waals surface area contributed by atoms with E-state index >= 15 is 0 Å². The Morgan fingerprint density at radius 1 is 0.462 bits per heavy atom. The van der Waals surface area contributed by atoms with Crippen molar-refractivity contribution in [2.75, 3.05) is 0 Å². The van der Waals surface area contributed by atoms with E-state index in [1.54, 1.807) is 0 Å². The largest absolute Gasteiger partial charge is 0.456 e. The second-order valence-corrected chi connectivity index (χ2v) is 14.9. The Labute approximate surface area is 299 Å². The molecule has 0 bridgehead atoms. The van der Waals surface area contributed by atoms with Gasteiger partial charge in [0.25, 0.3) is 0 Å². The molecule has 0 aliphatic heterocycles. The molecule has 3 heterocycles. The van der Waals surface area contributed by atoms with Crippen molar-refractivity contribution in [2.24, 2.45) is 0 Å². The molecule has 0 atom stereocenters. The van der Waals surface area contributed by atoms with Gasteiger partial charge < -0.3 is 13.6 Å². The summed E-state index contributed by atoms with van der Waals surface area (Å²) in [7, 11) is 0. The fourth-order valence-electron chi connectivity index (χ4n) is 9.75. The molecule has 0 fully saturated rings. The summed E-state index contributed by atoms with van der Waals surface area (Å²) in [5.41, 5.74) is 14.2. The summed E-state index contributed by atoms with van der Waals surface area (Å²) in [6.07, 6.45) is 0. The Balaban J connectivity index is 1.35. The van der Waals surface area contributed by atoms with Gasteiger partial charge in [0.2, 0.25) is 0 Å². The minimum absolute atomic E-state index is 0.227. The van der Waals surface area contributed by atoms with Crippen LogP contribution in [0.25, 0.3) is 98.8 Å². The van der Waals surface area contributed by atoms with Gasteiger partial charge in [0.05, 0.1) is 22.1 Å². The van der Waals surface area contributed by atoms with Crippen LogP contribution in [0, 0.1) is 0 Å². The van der Waals surface area contributed by atoms with E-state index in [2.05, 4.69) is 181 Å². The van der Waals surface area contributed by atoms with Crippen LogP contribution in [-0.2, 0) is 5.41 Å². The number of hydrogen-bond acceptors (Lipinski definition) is 1. The van der Waals surface area contributed by atoms with Gasteiger partial charge in [-0.3, -0.25) is 0 Å². The molecule has 0 N–H and O–H groups in total. The monoisotopic (exact) mass is 664 g/mol. The molecule has 11 aromatic rings. The molecule has 1 aliphatic carbocycles. The highest BCUT2D eigenvalue weighted by atomic mass is 16.3. The predicted molar refractivity (Wildman–Crippen MR) is 217 cm³/mol. The van der Waals surface area contributed by atoms with Gasteiger partial charge in [0.1, 0.15) is 11.2 Å². The molecular weight excluding hydrogens is 633 g/mol. The van der Waals surface area contributed by atoms with Crippen molar-refractivity contribution >= 4 is 76.3 Å². The van der Waals surface area contributed by atoms with Crippen LogP contribution < -0.4 is 0 Å². The summed E-state index contributed by atoms with van der Waals surface area (Å²) in [5, 5.41) is 9.86. The van der Waals surface area contributed by atoms with Crippen LogP contribution in [0.3, 0.4) is 0 Å². The highest BCUT2D eigenvalue weighted by Gasteiger charge is 2.41. The minimum Gasteiger partial charge on any atom is -0.456 e. The number of benzene rings is 8. The first-order chi connectivity index (χ1) is 25.6. The molecule has 244 valence electrons. The van der Waals surface area contributed by atoms with E-state index in [9.17, 15) is 0 Å². The average molecular weight is 665 g/mol. The molecular formula is C49H32N2O. The molecule has 0 radical (unpaired) electrons. The minimum atomic E-state index is -0.227. The number of fused-ring (bicyclic) bond motifs is 17. The average Bonchev–Trinajstić information content (AvgIpc) is 3.90. The number of para-hydroxylation sites is 3. The van der Waals surface area contributed by atoms with Crippen LogP contribution in [0.15, 0.2) is 162 Å². The summed E-state index contributed by atoms with van der Waals surface area (Å²) in [5.74, 6) is 0. The van der Waals surface area contributed by atoms with E-state index in [-0.39, 0.29) is 5.41 Å². The Hall–Kier alpha value is -6.58. The Morgan fingerprint density at radius 2 is 1.10 bits per heavy atom. The van der Waals surface area contributed by atoms with E-state index in [0.717, 1.165) is 22.2 Å². The molecule has 1 aliphatic rings. The highest BCUT2D eigenvalue weighted by Crippen LogP contribution is 2.58. The molecule has 0 unspecified atom stereocenters. The molecule has 0 saturated heterocycles. The lowest BCUT2D eigenvalue weighted by Gasteiger charge is -2.23. The molecule has 52 heavy (non-hydrogen) atoms. The van der Waals surface area contributed by atoms with Crippen molar-refractivity contribution in [3.63, 3.8) is 0 Å². The van der Waals surface area contributed by atoms with E-state index in [1.807, 2.05) is 0 Å². The lowest BCUT2D eigenvalue weighted by atomic mass is 9.80. The molecule has 3 nitrogen and oxygen atoms in total. The van der Waals surface area contributed by atoms with Crippen molar-refractivity contribution in [3.05, 3.63) is 169 Å². The summed E-state index contributed by atoms with van der Waals surface area (Å²) in [4.78, 5) is 0. The standard InChI is InChI=1S/C49H32N2O/c1-49(2)37-21-11-8-18-33(37)43-46(49)44-34-19-9-12-22-38(34)51(31-25-27-40-36(28-31)42-32-17-7-6-14-29(32)24-26-41(42)52-40)48(44)45-35-20-10-13-23-39(35)50(47(43)45)30-15-4-3-5-16-30/h3-28H,1-2H3. The van der Waals surface area contributed by atoms with Crippen molar-refractivity contribution in [1.82, 2.24) is 9.13 Å². The second kappa shape index (κ2) is 9.80. The third-order valence-electron chi connectivity index (χ3n) is 11.8. The Kier molecular flexibility index (Phi) is 5.31. The summed E-state index contributed by atoms with van der Waals surface area (Å²) < 4.78 is 11.6. The van der Waals surface area contributed by atoms with Crippen LogP contribution >= 0.6 is 0 Å². The number of hydrogen-bond donors (Lipinski definition) is 0. The second-order valence-electron chi connectivity index (χ2n) is 14.9. The van der Waals surface area contributed by atoms with Gasteiger partial charge in [-0.05, 0) is 76.0 Å². The first-order valence-electron chi connectivity index (χ1n) is 18.1. The van der Waals surface area contributed by atoms with Crippen LogP contribution in [0.4, 0.5) is 0 Å². The van der Waals surface area contributed by atoms with Crippen LogP contribution in [0.1, 0.15) is 25.0 Å². The number of aromatic nitrogens is 2. The quantitative estimate of drug-likeness (QED) is 0.180. The molecule has 3 heteroatoms. The van der Waals surface area contributed by atoms with Gasteiger partial charge in [0, 0.05) is 54.7 Å². The zero-order chi connectivity index (χ0) is 34.3. The lowest BCUT2D eigenvalue weighted by molar-refractivity contribution is 0.667. The van der Waals surface area contributed by atoms with E-state index in [4.69, 9.17) is 4.42 Å². The zero-order valence-electron chi connectivity index (χ0n) is 28.8. The normalized spacial score (nSPS) is 13.7. The van der Waals surface area contributed by atoms with Crippen molar-refractivity contribution in [2.45, 2.75) is 19.3 Å². The smallest absolute Gasteiger partial charge is 0.136 e. The molecule has 0 saturated carbocycles. The maximum absolute atomic E-state index is 6.50. The first-order valence-corrected chi connectivity index (χ1v) is 18.1. The van der Waals surface area contributed by atoms with Crippen LogP contribution in [0.2, 0.25) is 0 Å². The fraction of sp³-hybridized carbons (Fsp3) is 0.0612. The fourth-order valence-corrected chi connectivity index (χ4v) is 9.75. The van der Waals surface area contributed by atoms with Gasteiger partial charge in [-0.2, -0.15) is 0 Å². The molecule has 12 rings (SSSR count). The summed E-state index contributed by atoms with van der Waals surface area (Å²) in [6.45, 7) is 4.83. The molecule has 8 aromatic carbocycles. The van der Waals surface area contributed by atoms with Gasteiger partial charge >= 0.3 is 0 Å². The van der Waals surface area contributed by atoms with Gasteiger partial charge in [-0.15, -0.1) is 0 Å². The van der Waals surface area contributed by atoms with Crippen LogP contribution in [0.5, 0.6) is 0 Å². The van der Waals surface area contributed by atoms with E-state index in [0.29, 0.717) is 0 Å². The molecule has 0 amide bonds. The highest BCUT2D eigenvalue weighted by molar-refractivity contribution is 6.32. The van der Waals surface area contributed by atoms with Crippen molar-refractivity contribution in [3.8, 4) is 22.5 Å². The van der Waals surface area contributed by atoms with Gasteiger partial charge in [0.15, 0.2) is 0 Å². The third kappa shape index (κ3) is 3.41. The number of nitrogens with zero attached hydrogens (tertiary/aromatic N) is 2. The first kappa shape index (κ1) is 28.2. The van der Waals surface area contributed by atoms with E-state index < -0.39 is 0 Å². The van der Waals surface area contributed by atoms with Gasteiger partial charge in [-0.25, -0.2) is 0 Å². The third-order valence-corrected chi connectivity index (χ3v) is 11.8. The van der Waals surface area contributed by atoms with E-state index in [1.165, 1.54) is 87.7 Å². The topological polar surface area (TPSA) is 23.0 Å². The maximum atomic E-state index is 6.50. The van der Waals surface area contributed by atoms with Crippen molar-refractivity contribution < 1.29 is 4.42 Å². The summed E-state index contributed by atoms with van der Waals surface area (Å²) >= 11 is 0. The maximum Gasteiger partial charge on any atom is 0.136 e. The van der Waals surface area contributed by atoms with Crippen molar-refractivity contribution in [1.29, 1.82) is 0 Å². The Morgan fingerprint density at radius 3 is 1.90 bits per heavy atom.